The molecule has 0 bridgehead atoms. The number of H-pyrrole nitrogens is 1. The Morgan fingerprint density at radius 3 is 2.65 bits per heavy atom. The predicted octanol–water partition coefficient (Wildman–Crippen LogP) is -0.0942. The normalized spacial score (nSPS) is 11.5. The zero-order valence-corrected chi connectivity index (χ0v) is 9.81. The van der Waals surface area contributed by atoms with Gasteiger partial charge in [0.15, 0.2) is 11.2 Å². The first-order chi connectivity index (χ1) is 8.06. The van der Waals surface area contributed by atoms with Crippen LogP contribution in [0.2, 0.25) is 0 Å². The number of hydrogen-bond acceptors (Lipinski definition) is 4. The van der Waals surface area contributed by atoms with Crippen LogP contribution in [0.25, 0.3) is 11.2 Å². The van der Waals surface area contributed by atoms with Gasteiger partial charge in [-0.15, -0.1) is 0 Å². The van der Waals surface area contributed by atoms with E-state index in [1.54, 1.807) is 19.3 Å². The first-order valence-electron chi connectivity index (χ1n) is 5.09. The monoisotopic (exact) mass is 235 g/mol. The molecule has 0 radical (unpaired) electrons. The highest BCUT2D eigenvalue weighted by atomic mass is 16.2. The van der Waals surface area contributed by atoms with Crippen molar-refractivity contribution in [3.63, 3.8) is 0 Å². The molecule has 0 aliphatic rings. The molecule has 0 aromatic carbocycles. The molecule has 2 N–H and O–H groups in total. The van der Waals surface area contributed by atoms with Crippen molar-refractivity contribution >= 4 is 17.1 Å². The minimum absolute atomic E-state index is 0.307. The standard InChI is InChI=1S/C10H13N5O2/c1-4-5-11-9-12-6-7(13-9)14(2)10(17)15(3)8(6)16/h4-5H,1-3H3,(H2,11,12,13). The first kappa shape index (κ1) is 11.2. The van der Waals surface area contributed by atoms with Gasteiger partial charge in [-0.2, -0.15) is 4.98 Å². The van der Waals surface area contributed by atoms with Gasteiger partial charge in [-0.05, 0) is 13.1 Å². The summed E-state index contributed by atoms with van der Waals surface area (Å²) in [5, 5.41) is 2.87. The second kappa shape index (κ2) is 3.93. The van der Waals surface area contributed by atoms with E-state index in [1.807, 2.05) is 6.92 Å². The maximum atomic E-state index is 11.8. The summed E-state index contributed by atoms with van der Waals surface area (Å²) in [4.78, 5) is 30.5. The van der Waals surface area contributed by atoms with Gasteiger partial charge in [-0.3, -0.25) is 13.9 Å². The Kier molecular flexibility index (Phi) is 2.58. The van der Waals surface area contributed by atoms with Gasteiger partial charge in [0.05, 0.1) is 0 Å². The number of anilines is 1. The second-order valence-electron chi connectivity index (χ2n) is 3.63. The Bertz CT molecular complexity index is 704. The summed E-state index contributed by atoms with van der Waals surface area (Å²) in [5.41, 5.74) is -0.137. The van der Waals surface area contributed by atoms with E-state index in [0.717, 1.165) is 4.57 Å². The highest BCUT2D eigenvalue weighted by Crippen LogP contribution is 2.07. The first-order valence-corrected chi connectivity index (χ1v) is 5.09. The molecule has 2 rings (SSSR count). The number of allylic oxidation sites excluding steroid dienone is 1. The lowest BCUT2D eigenvalue weighted by Gasteiger charge is -2.00. The van der Waals surface area contributed by atoms with Crippen LogP contribution in [-0.2, 0) is 14.1 Å². The molecule has 90 valence electrons. The third-order valence-corrected chi connectivity index (χ3v) is 2.48. The fraction of sp³-hybridized carbons (Fsp3) is 0.300. The quantitative estimate of drug-likeness (QED) is 0.761. The molecule has 0 aliphatic heterocycles. The summed E-state index contributed by atoms with van der Waals surface area (Å²) in [6.45, 7) is 1.85. The number of hydrogen-bond donors (Lipinski definition) is 2. The highest BCUT2D eigenvalue weighted by Gasteiger charge is 2.12. The smallest absolute Gasteiger partial charge is 0.332 e. The van der Waals surface area contributed by atoms with E-state index in [0.29, 0.717) is 17.1 Å². The molecule has 7 nitrogen and oxygen atoms in total. The van der Waals surface area contributed by atoms with Crippen molar-refractivity contribution in [1.82, 2.24) is 19.1 Å². The van der Waals surface area contributed by atoms with Gasteiger partial charge < -0.3 is 10.3 Å². The number of aromatic amines is 1. The molecule has 0 unspecified atom stereocenters. The van der Waals surface area contributed by atoms with Crippen LogP contribution in [0.15, 0.2) is 21.9 Å². The van der Waals surface area contributed by atoms with Gasteiger partial charge >= 0.3 is 5.69 Å². The summed E-state index contributed by atoms with van der Waals surface area (Å²) in [6, 6.07) is 0. The van der Waals surface area contributed by atoms with E-state index >= 15 is 0 Å². The van der Waals surface area contributed by atoms with Crippen molar-refractivity contribution in [2.24, 2.45) is 14.1 Å². The average molecular weight is 235 g/mol. The number of nitrogens with zero attached hydrogens (tertiary/aromatic N) is 3. The van der Waals surface area contributed by atoms with Crippen LogP contribution < -0.4 is 16.6 Å². The Morgan fingerprint density at radius 2 is 2.00 bits per heavy atom. The second-order valence-corrected chi connectivity index (χ2v) is 3.63. The lowest BCUT2D eigenvalue weighted by Crippen LogP contribution is -2.36. The summed E-state index contributed by atoms with van der Waals surface area (Å²) >= 11 is 0. The Morgan fingerprint density at radius 1 is 1.29 bits per heavy atom. The molecular weight excluding hydrogens is 222 g/mol. The van der Waals surface area contributed by atoms with Crippen molar-refractivity contribution in [2.75, 3.05) is 5.32 Å². The molecule has 0 spiro atoms. The average Bonchev–Trinajstić information content (AvgIpc) is 2.75. The van der Waals surface area contributed by atoms with E-state index in [9.17, 15) is 9.59 Å². The Hall–Kier alpha value is -2.31. The fourth-order valence-corrected chi connectivity index (χ4v) is 1.56. The summed E-state index contributed by atoms with van der Waals surface area (Å²) in [7, 11) is 3.01. The van der Waals surface area contributed by atoms with Gasteiger partial charge in [-0.25, -0.2) is 4.79 Å². The molecule has 2 aromatic heterocycles. The molecule has 0 amide bonds. The predicted molar refractivity (Wildman–Crippen MR) is 65.0 cm³/mol. The molecule has 2 aromatic rings. The Labute approximate surface area is 96.4 Å². The van der Waals surface area contributed by atoms with Crippen molar-refractivity contribution in [3.05, 3.63) is 33.1 Å². The summed E-state index contributed by atoms with van der Waals surface area (Å²) in [6.07, 6.45) is 3.48. The number of nitrogens with one attached hydrogen (secondary N) is 2. The van der Waals surface area contributed by atoms with Crippen LogP contribution in [0.1, 0.15) is 6.92 Å². The molecule has 0 atom stereocenters. The largest absolute Gasteiger partial charge is 0.333 e. The van der Waals surface area contributed by atoms with Gasteiger partial charge in [0.2, 0.25) is 5.95 Å². The van der Waals surface area contributed by atoms with Gasteiger partial charge in [-0.1, -0.05) is 6.08 Å². The maximum Gasteiger partial charge on any atom is 0.332 e. The maximum absolute atomic E-state index is 11.8. The number of aryl methyl sites for hydroxylation is 1. The zero-order chi connectivity index (χ0) is 12.6. The SMILES string of the molecule is CC=CNc1nc2c([nH]1)c(=O)n(C)c(=O)n2C. The molecule has 0 saturated carbocycles. The topological polar surface area (TPSA) is 84.7 Å². The van der Waals surface area contributed by atoms with Crippen molar-refractivity contribution in [1.29, 1.82) is 0 Å². The summed E-state index contributed by atoms with van der Waals surface area (Å²) < 4.78 is 2.37. The number of fused-ring (bicyclic) bond motifs is 1. The van der Waals surface area contributed by atoms with Crippen molar-refractivity contribution in [3.8, 4) is 0 Å². The van der Waals surface area contributed by atoms with E-state index in [2.05, 4.69) is 15.3 Å². The van der Waals surface area contributed by atoms with Gasteiger partial charge in [0, 0.05) is 14.1 Å². The van der Waals surface area contributed by atoms with Crippen LogP contribution in [0, 0.1) is 0 Å². The number of imidazole rings is 1. The van der Waals surface area contributed by atoms with Crippen LogP contribution >= 0.6 is 0 Å². The van der Waals surface area contributed by atoms with Crippen molar-refractivity contribution in [2.45, 2.75) is 6.92 Å². The van der Waals surface area contributed by atoms with E-state index in [4.69, 9.17) is 0 Å². The molecule has 0 fully saturated rings. The van der Waals surface area contributed by atoms with Gasteiger partial charge in [0.1, 0.15) is 0 Å². The van der Waals surface area contributed by atoms with E-state index < -0.39 is 5.69 Å². The lowest BCUT2D eigenvalue weighted by atomic mass is 10.5. The van der Waals surface area contributed by atoms with E-state index in [1.165, 1.54) is 11.6 Å². The minimum atomic E-state index is -0.397. The number of rotatable bonds is 2. The van der Waals surface area contributed by atoms with Crippen molar-refractivity contribution < 1.29 is 0 Å². The molecule has 0 aliphatic carbocycles. The van der Waals surface area contributed by atoms with E-state index in [-0.39, 0.29) is 5.56 Å². The Balaban J connectivity index is 2.77. The fourth-order valence-electron chi connectivity index (χ4n) is 1.56. The van der Waals surface area contributed by atoms with Crippen LogP contribution in [0.3, 0.4) is 0 Å². The molecular formula is C10H13N5O2. The molecule has 2 heterocycles. The molecule has 17 heavy (non-hydrogen) atoms. The van der Waals surface area contributed by atoms with Crippen LogP contribution in [0.4, 0.5) is 5.95 Å². The lowest BCUT2D eigenvalue weighted by molar-refractivity contribution is 0.709. The highest BCUT2D eigenvalue weighted by molar-refractivity contribution is 5.72. The summed E-state index contributed by atoms with van der Waals surface area (Å²) in [5.74, 6) is 0.427. The molecule has 7 heteroatoms. The van der Waals surface area contributed by atoms with Gasteiger partial charge in [0.25, 0.3) is 5.56 Å². The minimum Gasteiger partial charge on any atom is -0.333 e. The number of aromatic nitrogens is 4. The van der Waals surface area contributed by atoms with Crippen LogP contribution in [-0.4, -0.2) is 19.1 Å². The van der Waals surface area contributed by atoms with Crippen LogP contribution in [0.5, 0.6) is 0 Å². The molecule has 0 saturated heterocycles. The third kappa shape index (κ3) is 1.65. The zero-order valence-electron chi connectivity index (χ0n) is 9.81. The third-order valence-electron chi connectivity index (χ3n) is 2.48.